The first-order chi connectivity index (χ1) is 5.27. The predicted octanol–water partition coefficient (Wildman–Crippen LogP) is -2.08. The minimum atomic E-state index is -0.526. The van der Waals surface area contributed by atoms with Gasteiger partial charge < -0.3 is 10.6 Å². The second-order valence-electron chi connectivity index (χ2n) is 2.20. The van der Waals surface area contributed by atoms with Crippen molar-refractivity contribution in [2.24, 2.45) is 15.7 Å². The van der Waals surface area contributed by atoms with Crippen LogP contribution in [0.1, 0.15) is 0 Å². The molecule has 0 aromatic rings. The second-order valence-corrected chi connectivity index (χ2v) is 2.20. The van der Waals surface area contributed by atoms with E-state index in [0.717, 1.165) is 0 Å². The summed E-state index contributed by atoms with van der Waals surface area (Å²) in [5, 5.41) is 5.08. The number of fused-ring (bicyclic) bond motifs is 1. The molecule has 1 amide bonds. The van der Waals surface area contributed by atoms with Gasteiger partial charge in [-0.05, 0) is 0 Å². The van der Waals surface area contributed by atoms with Crippen LogP contribution in [0.4, 0.5) is 0 Å². The molecule has 2 rings (SSSR count). The van der Waals surface area contributed by atoms with Crippen LogP contribution in [-0.2, 0) is 4.79 Å². The molecule has 0 fully saturated rings. The van der Waals surface area contributed by atoms with E-state index in [-0.39, 0.29) is 12.2 Å². The highest BCUT2D eigenvalue weighted by Gasteiger charge is 2.32. The van der Waals surface area contributed by atoms with Crippen molar-refractivity contribution in [1.82, 2.24) is 10.6 Å². The number of nitrogens with two attached hydrogens (primary N) is 1. The van der Waals surface area contributed by atoms with Crippen LogP contribution >= 0.6 is 0 Å². The van der Waals surface area contributed by atoms with Gasteiger partial charge in [0.05, 0.1) is 6.34 Å². The van der Waals surface area contributed by atoms with Crippen LogP contribution in [0.5, 0.6) is 0 Å². The standard InChI is InChI=1S/C5H6N5O/c6-5-9-3-2(4(11)10-5)7-1-8-3/h1-2H,6H2,(H,10,11)(H,7,8,9). The summed E-state index contributed by atoms with van der Waals surface area (Å²) in [6.07, 6.45) is 1.54. The van der Waals surface area contributed by atoms with Gasteiger partial charge in [0.1, 0.15) is 5.84 Å². The number of nitrogens with one attached hydrogen (secondary N) is 2. The quantitative estimate of drug-likeness (QED) is 0.372. The molecule has 2 aliphatic rings. The molecular formula is C5H6N5O. The van der Waals surface area contributed by atoms with E-state index in [2.05, 4.69) is 20.6 Å². The van der Waals surface area contributed by atoms with Gasteiger partial charge in [0, 0.05) is 0 Å². The number of rotatable bonds is 0. The van der Waals surface area contributed by atoms with Gasteiger partial charge in [0.2, 0.25) is 6.29 Å². The first kappa shape index (κ1) is 6.29. The minimum absolute atomic E-state index is 0.110. The number of aliphatic imine (C=N–C) groups is 2. The zero-order valence-corrected chi connectivity index (χ0v) is 5.53. The van der Waals surface area contributed by atoms with Crippen molar-refractivity contribution in [1.29, 1.82) is 0 Å². The van der Waals surface area contributed by atoms with Crippen molar-refractivity contribution in [3.63, 3.8) is 0 Å². The van der Waals surface area contributed by atoms with Crippen LogP contribution in [0, 0.1) is 6.29 Å². The maximum atomic E-state index is 11.0. The Bertz CT molecular complexity index is 258. The van der Waals surface area contributed by atoms with Crippen LogP contribution in [0.3, 0.4) is 0 Å². The van der Waals surface area contributed by atoms with Gasteiger partial charge >= 0.3 is 0 Å². The third-order valence-electron chi connectivity index (χ3n) is 1.44. The van der Waals surface area contributed by atoms with E-state index in [0.29, 0.717) is 5.84 Å². The first-order valence-corrected chi connectivity index (χ1v) is 3.07. The fraction of sp³-hybridized carbons (Fsp3) is 0.200. The minimum Gasteiger partial charge on any atom is -0.333 e. The van der Waals surface area contributed by atoms with Gasteiger partial charge in [-0.25, -0.2) is 4.99 Å². The number of carbonyl (C=O) groups is 1. The molecule has 0 bridgehead atoms. The molecule has 0 spiro atoms. The van der Waals surface area contributed by atoms with Gasteiger partial charge in [-0.15, -0.1) is 0 Å². The average molecular weight is 152 g/mol. The number of amides is 1. The lowest BCUT2D eigenvalue weighted by Crippen LogP contribution is -2.48. The van der Waals surface area contributed by atoms with E-state index >= 15 is 0 Å². The second kappa shape index (κ2) is 2.03. The molecule has 0 saturated carbocycles. The summed E-state index contributed by atoms with van der Waals surface area (Å²) < 4.78 is 0. The van der Waals surface area contributed by atoms with Crippen molar-refractivity contribution in [3.8, 4) is 0 Å². The topological polar surface area (TPSA) is 91.9 Å². The molecule has 1 atom stereocenters. The van der Waals surface area contributed by atoms with Crippen LogP contribution in [-0.4, -0.2) is 24.1 Å². The summed E-state index contributed by atoms with van der Waals surface area (Å²) in [5.74, 6) is 0.250. The molecule has 1 radical (unpaired) electrons. The zero-order valence-electron chi connectivity index (χ0n) is 5.53. The third-order valence-corrected chi connectivity index (χ3v) is 1.44. The van der Waals surface area contributed by atoms with Crippen molar-refractivity contribution in [2.45, 2.75) is 6.04 Å². The highest BCUT2D eigenvalue weighted by molar-refractivity contribution is 6.15. The molecule has 4 N–H and O–H groups in total. The highest BCUT2D eigenvalue weighted by Crippen LogP contribution is 2.06. The Morgan fingerprint density at radius 3 is 3.27 bits per heavy atom. The van der Waals surface area contributed by atoms with Crippen LogP contribution in [0.25, 0.3) is 0 Å². The van der Waals surface area contributed by atoms with Crippen molar-refractivity contribution >= 4 is 18.1 Å². The summed E-state index contributed by atoms with van der Waals surface area (Å²) in [5.41, 5.74) is 5.28. The summed E-state index contributed by atoms with van der Waals surface area (Å²) >= 11 is 0. The SMILES string of the molecule is N[C]1N=C2NC=NC2C(=O)N1. The van der Waals surface area contributed by atoms with Gasteiger partial charge in [-0.1, -0.05) is 0 Å². The molecule has 11 heavy (non-hydrogen) atoms. The summed E-state index contributed by atoms with van der Waals surface area (Å²) in [6, 6.07) is -0.526. The third kappa shape index (κ3) is 0.874. The highest BCUT2D eigenvalue weighted by atomic mass is 16.2. The van der Waals surface area contributed by atoms with Crippen LogP contribution in [0.2, 0.25) is 0 Å². The Hall–Kier alpha value is -1.43. The molecule has 0 aromatic heterocycles. The van der Waals surface area contributed by atoms with E-state index in [1.165, 1.54) is 6.34 Å². The van der Waals surface area contributed by atoms with E-state index in [1.807, 2.05) is 0 Å². The number of nitrogens with zero attached hydrogens (tertiary/aromatic N) is 2. The van der Waals surface area contributed by atoms with Gasteiger partial charge in [0.25, 0.3) is 5.91 Å². The Balaban J connectivity index is 2.32. The van der Waals surface area contributed by atoms with Crippen molar-refractivity contribution < 1.29 is 4.79 Å². The monoisotopic (exact) mass is 152 g/mol. The predicted molar refractivity (Wildman–Crippen MR) is 38.4 cm³/mol. The fourth-order valence-corrected chi connectivity index (χ4v) is 0.965. The maximum Gasteiger partial charge on any atom is 0.255 e. The number of carbonyl (C=O) groups excluding carboxylic acids is 1. The fourth-order valence-electron chi connectivity index (χ4n) is 0.965. The molecular weight excluding hydrogens is 146 g/mol. The molecule has 0 aliphatic carbocycles. The van der Waals surface area contributed by atoms with Crippen molar-refractivity contribution in [2.75, 3.05) is 0 Å². The lowest BCUT2D eigenvalue weighted by molar-refractivity contribution is -0.120. The van der Waals surface area contributed by atoms with E-state index < -0.39 is 6.04 Å². The Morgan fingerprint density at radius 1 is 1.64 bits per heavy atom. The molecule has 6 heteroatoms. The maximum absolute atomic E-state index is 11.0. The van der Waals surface area contributed by atoms with Gasteiger partial charge in [0.15, 0.2) is 6.04 Å². The summed E-state index contributed by atoms with van der Waals surface area (Å²) in [7, 11) is 0. The van der Waals surface area contributed by atoms with Crippen LogP contribution < -0.4 is 16.4 Å². The largest absolute Gasteiger partial charge is 0.333 e. The Kier molecular flexibility index (Phi) is 1.16. The number of amidine groups is 1. The van der Waals surface area contributed by atoms with E-state index in [4.69, 9.17) is 5.73 Å². The lowest BCUT2D eigenvalue weighted by atomic mass is 10.2. The van der Waals surface area contributed by atoms with Gasteiger partial charge in [-0.2, -0.15) is 0 Å². The molecule has 2 aliphatic heterocycles. The molecule has 6 nitrogen and oxygen atoms in total. The molecule has 57 valence electrons. The molecule has 0 saturated heterocycles. The lowest BCUT2D eigenvalue weighted by Gasteiger charge is -2.17. The number of hydrogen-bond donors (Lipinski definition) is 3. The first-order valence-electron chi connectivity index (χ1n) is 3.07. The van der Waals surface area contributed by atoms with Gasteiger partial charge in [-0.3, -0.25) is 15.5 Å². The molecule has 2 heterocycles. The van der Waals surface area contributed by atoms with Crippen LogP contribution in [0.15, 0.2) is 9.98 Å². The molecule has 1 unspecified atom stereocenters. The number of hydrogen-bond acceptors (Lipinski definition) is 5. The smallest absolute Gasteiger partial charge is 0.255 e. The summed E-state index contributed by atoms with van der Waals surface area (Å²) in [4.78, 5) is 18.7. The normalized spacial score (nSPS) is 29.0. The van der Waals surface area contributed by atoms with Crippen molar-refractivity contribution in [3.05, 3.63) is 6.29 Å². The average Bonchev–Trinajstić information content (AvgIpc) is 2.34. The Morgan fingerprint density at radius 2 is 2.45 bits per heavy atom. The zero-order chi connectivity index (χ0) is 7.84. The Labute approximate surface area is 62.6 Å². The van der Waals surface area contributed by atoms with E-state index in [9.17, 15) is 4.79 Å². The van der Waals surface area contributed by atoms with E-state index in [1.54, 1.807) is 0 Å². The summed E-state index contributed by atoms with van der Waals surface area (Å²) in [6.45, 7) is 0. The molecule has 0 aromatic carbocycles.